The van der Waals surface area contributed by atoms with E-state index in [-0.39, 0.29) is 12.5 Å². The molecule has 1 aromatic heterocycles. The molecule has 0 fully saturated rings. The van der Waals surface area contributed by atoms with Gasteiger partial charge in [-0.1, -0.05) is 24.3 Å². The summed E-state index contributed by atoms with van der Waals surface area (Å²) in [5.41, 5.74) is 2.25. The van der Waals surface area contributed by atoms with Crippen LogP contribution in [0.2, 0.25) is 0 Å². The second kappa shape index (κ2) is 6.70. The number of nitrogens with zero attached hydrogens (tertiary/aromatic N) is 2. The van der Waals surface area contributed by atoms with E-state index in [1.54, 1.807) is 12.5 Å². The van der Waals surface area contributed by atoms with E-state index in [2.05, 4.69) is 22.4 Å². The molecule has 0 saturated carbocycles. The van der Waals surface area contributed by atoms with Crippen molar-refractivity contribution in [3.63, 3.8) is 0 Å². The number of benzene rings is 1. The lowest BCUT2D eigenvalue weighted by Gasteiger charge is -2.07. The van der Waals surface area contributed by atoms with Crippen LogP contribution in [-0.4, -0.2) is 29.2 Å². The summed E-state index contributed by atoms with van der Waals surface area (Å²) in [6.07, 6.45) is 5.47. The Morgan fingerprint density at radius 1 is 1.42 bits per heavy atom. The smallest absolute Gasteiger partial charge is 0.246 e. The molecule has 0 atom stereocenters. The molecule has 0 radical (unpaired) electrons. The Labute approximate surface area is 112 Å². The van der Waals surface area contributed by atoms with Crippen molar-refractivity contribution < 1.29 is 9.53 Å². The monoisotopic (exact) mass is 259 g/mol. The van der Waals surface area contributed by atoms with E-state index in [0.29, 0.717) is 6.54 Å². The second-order valence-electron chi connectivity index (χ2n) is 4.26. The summed E-state index contributed by atoms with van der Waals surface area (Å²) in [6, 6.07) is 8.11. The summed E-state index contributed by atoms with van der Waals surface area (Å²) < 4.78 is 6.77. The van der Waals surface area contributed by atoms with Gasteiger partial charge in [0, 0.05) is 32.6 Å². The lowest BCUT2D eigenvalue weighted by atomic mass is 10.1. The molecule has 5 nitrogen and oxygen atoms in total. The molecule has 0 aliphatic carbocycles. The first kappa shape index (κ1) is 13.3. The Hall–Kier alpha value is -2.14. The Morgan fingerprint density at radius 2 is 2.26 bits per heavy atom. The molecule has 100 valence electrons. The van der Waals surface area contributed by atoms with Crippen molar-refractivity contribution in [3.05, 3.63) is 54.1 Å². The molecule has 2 aromatic rings. The summed E-state index contributed by atoms with van der Waals surface area (Å²) in [4.78, 5) is 15.3. The predicted octanol–water partition coefficient (Wildman–Crippen LogP) is 1.19. The highest BCUT2D eigenvalue weighted by Crippen LogP contribution is 2.07. The Balaban J connectivity index is 1.93. The third-order valence-electron chi connectivity index (χ3n) is 2.68. The highest BCUT2D eigenvalue weighted by atomic mass is 16.5. The zero-order valence-corrected chi connectivity index (χ0v) is 10.9. The first-order chi connectivity index (χ1) is 9.28. The maximum Gasteiger partial charge on any atom is 0.246 e. The molecule has 1 amide bonds. The standard InChI is InChI=1S/C14H17N3O2/c1-19-10-14(18)16-8-12-3-2-4-13(7-12)9-17-6-5-15-11-17/h2-7,11H,8-10H2,1H3,(H,16,18). The average Bonchev–Trinajstić information content (AvgIpc) is 2.90. The van der Waals surface area contributed by atoms with Crippen LogP contribution in [0.3, 0.4) is 0 Å². The minimum absolute atomic E-state index is 0.0920. The van der Waals surface area contributed by atoms with Crippen LogP contribution in [0.5, 0.6) is 0 Å². The molecular weight excluding hydrogens is 242 g/mol. The third-order valence-corrected chi connectivity index (χ3v) is 2.68. The summed E-state index contributed by atoms with van der Waals surface area (Å²) in [6.45, 7) is 1.38. The minimum Gasteiger partial charge on any atom is -0.375 e. The molecule has 0 unspecified atom stereocenters. The van der Waals surface area contributed by atoms with Crippen molar-refractivity contribution in [2.45, 2.75) is 13.1 Å². The number of amides is 1. The van der Waals surface area contributed by atoms with Crippen LogP contribution in [-0.2, 0) is 22.6 Å². The molecule has 2 rings (SSSR count). The van der Waals surface area contributed by atoms with Crippen LogP contribution in [0.25, 0.3) is 0 Å². The minimum atomic E-state index is -0.109. The van der Waals surface area contributed by atoms with Gasteiger partial charge in [0.15, 0.2) is 0 Å². The first-order valence-electron chi connectivity index (χ1n) is 6.07. The van der Waals surface area contributed by atoms with Gasteiger partial charge in [0.25, 0.3) is 0 Å². The molecule has 0 saturated heterocycles. The molecule has 1 N–H and O–H groups in total. The van der Waals surface area contributed by atoms with Gasteiger partial charge in [-0.15, -0.1) is 0 Å². The largest absolute Gasteiger partial charge is 0.375 e. The fourth-order valence-electron chi connectivity index (χ4n) is 1.81. The van der Waals surface area contributed by atoms with Gasteiger partial charge in [0.05, 0.1) is 6.33 Å². The van der Waals surface area contributed by atoms with E-state index in [4.69, 9.17) is 4.74 Å². The third kappa shape index (κ3) is 4.22. The number of carbonyl (C=O) groups excluding carboxylic acids is 1. The molecule has 0 aliphatic rings. The molecule has 1 aromatic carbocycles. The maximum atomic E-state index is 11.3. The number of hydrogen-bond donors (Lipinski definition) is 1. The fraction of sp³-hybridized carbons (Fsp3) is 0.286. The zero-order valence-electron chi connectivity index (χ0n) is 10.9. The number of hydrogen-bond acceptors (Lipinski definition) is 3. The Kier molecular flexibility index (Phi) is 4.69. The lowest BCUT2D eigenvalue weighted by Crippen LogP contribution is -2.26. The van der Waals surface area contributed by atoms with Gasteiger partial charge in [-0.05, 0) is 11.1 Å². The van der Waals surface area contributed by atoms with E-state index in [1.165, 1.54) is 12.7 Å². The summed E-state index contributed by atoms with van der Waals surface area (Å²) in [7, 11) is 1.51. The number of methoxy groups -OCH3 is 1. The van der Waals surface area contributed by atoms with Crippen LogP contribution < -0.4 is 5.32 Å². The van der Waals surface area contributed by atoms with Crippen molar-refractivity contribution >= 4 is 5.91 Å². The molecule has 1 heterocycles. The lowest BCUT2D eigenvalue weighted by molar-refractivity contribution is -0.124. The maximum absolute atomic E-state index is 11.3. The zero-order chi connectivity index (χ0) is 13.5. The van der Waals surface area contributed by atoms with E-state index in [1.807, 2.05) is 22.9 Å². The highest BCUT2D eigenvalue weighted by molar-refractivity contribution is 5.77. The summed E-state index contributed by atoms with van der Waals surface area (Å²) in [5, 5.41) is 2.80. The van der Waals surface area contributed by atoms with E-state index < -0.39 is 0 Å². The van der Waals surface area contributed by atoms with Crippen LogP contribution >= 0.6 is 0 Å². The molecule has 0 spiro atoms. The quantitative estimate of drug-likeness (QED) is 0.848. The van der Waals surface area contributed by atoms with Gasteiger partial charge in [-0.3, -0.25) is 4.79 Å². The van der Waals surface area contributed by atoms with Crippen molar-refractivity contribution in [1.29, 1.82) is 0 Å². The number of imidazole rings is 1. The van der Waals surface area contributed by atoms with E-state index in [9.17, 15) is 4.79 Å². The Bertz CT molecular complexity index is 523. The van der Waals surface area contributed by atoms with Crippen molar-refractivity contribution in [2.24, 2.45) is 0 Å². The number of carbonyl (C=O) groups is 1. The highest BCUT2D eigenvalue weighted by Gasteiger charge is 2.01. The van der Waals surface area contributed by atoms with E-state index >= 15 is 0 Å². The average molecular weight is 259 g/mol. The molecule has 0 bridgehead atoms. The van der Waals surface area contributed by atoms with Crippen molar-refractivity contribution in [1.82, 2.24) is 14.9 Å². The van der Waals surface area contributed by atoms with Crippen LogP contribution in [0.1, 0.15) is 11.1 Å². The number of rotatable bonds is 6. The van der Waals surface area contributed by atoms with Crippen molar-refractivity contribution in [2.75, 3.05) is 13.7 Å². The van der Waals surface area contributed by atoms with Gasteiger partial charge < -0.3 is 14.6 Å². The van der Waals surface area contributed by atoms with Gasteiger partial charge in [-0.2, -0.15) is 0 Å². The van der Waals surface area contributed by atoms with Gasteiger partial charge in [0.1, 0.15) is 6.61 Å². The van der Waals surface area contributed by atoms with Crippen LogP contribution in [0.4, 0.5) is 0 Å². The molecule has 0 aliphatic heterocycles. The number of aromatic nitrogens is 2. The van der Waals surface area contributed by atoms with Crippen LogP contribution in [0, 0.1) is 0 Å². The van der Waals surface area contributed by atoms with Crippen molar-refractivity contribution in [3.8, 4) is 0 Å². The Morgan fingerprint density at radius 3 is 3.00 bits per heavy atom. The molecule has 19 heavy (non-hydrogen) atoms. The first-order valence-corrected chi connectivity index (χ1v) is 6.07. The van der Waals surface area contributed by atoms with Crippen LogP contribution in [0.15, 0.2) is 43.0 Å². The normalized spacial score (nSPS) is 10.4. The predicted molar refractivity (Wildman–Crippen MR) is 71.5 cm³/mol. The topological polar surface area (TPSA) is 56.1 Å². The fourth-order valence-corrected chi connectivity index (χ4v) is 1.81. The second-order valence-corrected chi connectivity index (χ2v) is 4.26. The summed E-state index contributed by atoms with van der Waals surface area (Å²) in [5.74, 6) is -0.109. The van der Waals surface area contributed by atoms with E-state index in [0.717, 1.165) is 12.1 Å². The summed E-state index contributed by atoms with van der Waals surface area (Å²) >= 11 is 0. The SMILES string of the molecule is COCC(=O)NCc1cccc(Cn2ccnc2)c1. The number of nitrogens with one attached hydrogen (secondary N) is 1. The number of ether oxygens (including phenoxy) is 1. The molecule has 5 heteroatoms. The van der Waals surface area contributed by atoms with Gasteiger partial charge >= 0.3 is 0 Å². The molecular formula is C14H17N3O2. The van der Waals surface area contributed by atoms with Gasteiger partial charge in [-0.25, -0.2) is 4.98 Å². The van der Waals surface area contributed by atoms with Gasteiger partial charge in [0.2, 0.25) is 5.91 Å².